The summed E-state index contributed by atoms with van der Waals surface area (Å²) in [4.78, 5) is 0. The molecule has 0 saturated carbocycles. The van der Waals surface area contributed by atoms with Crippen molar-refractivity contribution in [2.75, 3.05) is 0 Å². The normalized spacial score (nSPS) is 10.9. The number of H-pyrrole nitrogens is 1. The summed E-state index contributed by atoms with van der Waals surface area (Å²) in [5, 5.41) is 26.1. The molecule has 1 N–H and O–H groups in total. The van der Waals surface area contributed by atoms with Gasteiger partial charge in [0, 0.05) is 29.1 Å². The third-order valence-electron chi connectivity index (χ3n) is 4.42. The second kappa shape index (κ2) is 8.37. The van der Waals surface area contributed by atoms with Crippen molar-refractivity contribution in [1.82, 2.24) is 25.0 Å². The molecule has 29 heavy (non-hydrogen) atoms. The van der Waals surface area contributed by atoms with Crippen LogP contribution in [0.1, 0.15) is 36.1 Å². The molecule has 0 saturated heterocycles. The molecule has 0 atom stereocenters. The Hall–Kier alpha value is -3.31. The summed E-state index contributed by atoms with van der Waals surface area (Å²) in [6, 6.07) is 15.8. The Labute approximate surface area is 172 Å². The smallest absolute Gasteiger partial charge is 0.203 e. The van der Waals surface area contributed by atoms with Crippen molar-refractivity contribution in [2.45, 2.75) is 37.6 Å². The number of nitrogens with one attached hydrogen (secondary N) is 1. The first-order valence-corrected chi connectivity index (χ1v) is 10.4. The summed E-state index contributed by atoms with van der Waals surface area (Å²) in [5.74, 6) is 2.54. The predicted octanol–water partition coefficient (Wildman–Crippen LogP) is 4.68. The van der Waals surface area contributed by atoms with Gasteiger partial charge in [-0.15, -0.1) is 10.2 Å². The summed E-state index contributed by atoms with van der Waals surface area (Å²) in [5.41, 5.74) is 3.69. The van der Waals surface area contributed by atoms with Gasteiger partial charge in [-0.3, -0.25) is 9.67 Å². The SMILES string of the molecule is CCCc1oc(C#N)cc1CSc1nnc(-c2cc(C)[nH]n2)n1-c1ccccc1. The number of hydrogen-bond donors (Lipinski definition) is 1. The van der Waals surface area contributed by atoms with Gasteiger partial charge >= 0.3 is 0 Å². The fraction of sp³-hybridized carbons (Fsp3) is 0.238. The van der Waals surface area contributed by atoms with E-state index in [1.54, 1.807) is 11.8 Å². The summed E-state index contributed by atoms with van der Waals surface area (Å²) < 4.78 is 7.66. The van der Waals surface area contributed by atoms with E-state index in [4.69, 9.17) is 9.68 Å². The molecule has 0 amide bonds. The molecule has 0 spiro atoms. The van der Waals surface area contributed by atoms with Gasteiger partial charge in [-0.2, -0.15) is 10.4 Å². The number of nitrogens with zero attached hydrogens (tertiary/aromatic N) is 5. The molecule has 7 nitrogen and oxygen atoms in total. The number of aryl methyl sites for hydroxylation is 2. The average Bonchev–Trinajstić information content (AvgIpc) is 3.45. The molecule has 0 aliphatic heterocycles. The van der Waals surface area contributed by atoms with Gasteiger partial charge in [0.05, 0.1) is 0 Å². The van der Waals surface area contributed by atoms with E-state index in [-0.39, 0.29) is 0 Å². The lowest BCUT2D eigenvalue weighted by molar-refractivity contribution is 0.492. The largest absolute Gasteiger partial charge is 0.450 e. The molecular formula is C21H20N6OS. The van der Waals surface area contributed by atoms with E-state index in [0.717, 1.165) is 46.4 Å². The lowest BCUT2D eigenvalue weighted by atomic mass is 10.2. The topological polar surface area (TPSA) is 96.3 Å². The highest BCUT2D eigenvalue weighted by molar-refractivity contribution is 7.98. The van der Waals surface area contributed by atoms with Crippen molar-refractivity contribution in [1.29, 1.82) is 5.26 Å². The second-order valence-corrected chi connectivity index (χ2v) is 7.57. The standard InChI is InChI=1S/C21H20N6OS/c1-3-7-19-15(11-17(12-22)28-19)13-29-21-26-25-20(18-10-14(2)23-24-18)27(21)16-8-5-4-6-9-16/h4-6,8-11H,3,7,13H2,1-2H3,(H,23,24). The van der Waals surface area contributed by atoms with Crippen LogP contribution in [0.2, 0.25) is 0 Å². The molecule has 146 valence electrons. The van der Waals surface area contributed by atoms with Crippen molar-refractivity contribution in [3.8, 4) is 23.3 Å². The number of aromatic amines is 1. The number of aromatic nitrogens is 5. The van der Waals surface area contributed by atoms with Crippen LogP contribution in [0.3, 0.4) is 0 Å². The van der Waals surface area contributed by atoms with E-state index < -0.39 is 0 Å². The van der Waals surface area contributed by atoms with E-state index in [9.17, 15) is 0 Å². The number of nitriles is 1. The van der Waals surface area contributed by atoms with Crippen LogP contribution in [-0.4, -0.2) is 25.0 Å². The Balaban J connectivity index is 1.69. The molecule has 4 aromatic rings. The zero-order valence-corrected chi connectivity index (χ0v) is 17.0. The highest BCUT2D eigenvalue weighted by Crippen LogP contribution is 2.31. The molecule has 0 radical (unpaired) electrons. The minimum atomic E-state index is 0.348. The zero-order chi connectivity index (χ0) is 20.2. The van der Waals surface area contributed by atoms with Crippen molar-refractivity contribution < 1.29 is 4.42 Å². The first-order valence-electron chi connectivity index (χ1n) is 9.37. The predicted molar refractivity (Wildman–Crippen MR) is 111 cm³/mol. The Morgan fingerprint density at radius 2 is 2.03 bits per heavy atom. The maximum Gasteiger partial charge on any atom is 0.203 e. The van der Waals surface area contributed by atoms with Crippen LogP contribution < -0.4 is 0 Å². The number of rotatable bonds is 7. The van der Waals surface area contributed by atoms with Crippen LogP contribution in [0.25, 0.3) is 17.2 Å². The van der Waals surface area contributed by atoms with Gasteiger partial charge in [-0.25, -0.2) is 0 Å². The summed E-state index contributed by atoms with van der Waals surface area (Å²) in [6.45, 7) is 4.05. The van der Waals surface area contributed by atoms with E-state index in [1.807, 2.05) is 54.0 Å². The Morgan fingerprint density at radius 1 is 1.21 bits per heavy atom. The first-order chi connectivity index (χ1) is 14.2. The molecule has 1 aromatic carbocycles. The Morgan fingerprint density at radius 3 is 2.72 bits per heavy atom. The first kappa shape index (κ1) is 19.0. The quantitative estimate of drug-likeness (QED) is 0.449. The third kappa shape index (κ3) is 3.96. The van der Waals surface area contributed by atoms with Crippen LogP contribution in [0.5, 0.6) is 0 Å². The highest BCUT2D eigenvalue weighted by atomic mass is 32.2. The maximum atomic E-state index is 9.17. The van der Waals surface area contributed by atoms with E-state index in [0.29, 0.717) is 17.3 Å². The van der Waals surface area contributed by atoms with Gasteiger partial charge in [0.15, 0.2) is 11.0 Å². The van der Waals surface area contributed by atoms with Gasteiger partial charge in [0.25, 0.3) is 0 Å². The van der Waals surface area contributed by atoms with Crippen molar-refractivity contribution in [3.05, 3.63) is 65.2 Å². The van der Waals surface area contributed by atoms with E-state index in [2.05, 4.69) is 33.4 Å². The summed E-state index contributed by atoms with van der Waals surface area (Å²) >= 11 is 1.56. The Kier molecular flexibility index (Phi) is 5.49. The zero-order valence-electron chi connectivity index (χ0n) is 16.2. The molecular weight excluding hydrogens is 384 g/mol. The van der Waals surface area contributed by atoms with Crippen LogP contribution in [0.15, 0.2) is 52.0 Å². The number of hydrogen-bond acceptors (Lipinski definition) is 6. The van der Waals surface area contributed by atoms with Crippen LogP contribution in [-0.2, 0) is 12.2 Å². The van der Waals surface area contributed by atoms with Crippen molar-refractivity contribution in [2.24, 2.45) is 0 Å². The molecule has 0 fully saturated rings. The molecule has 0 aliphatic carbocycles. The summed E-state index contributed by atoms with van der Waals surface area (Å²) in [6.07, 6.45) is 1.76. The summed E-state index contributed by atoms with van der Waals surface area (Å²) in [7, 11) is 0. The van der Waals surface area contributed by atoms with Gasteiger partial charge in [0.2, 0.25) is 5.76 Å². The second-order valence-electron chi connectivity index (χ2n) is 6.62. The fourth-order valence-corrected chi connectivity index (χ4v) is 4.04. The van der Waals surface area contributed by atoms with Gasteiger partial charge in [-0.1, -0.05) is 36.9 Å². The van der Waals surface area contributed by atoms with Crippen LogP contribution in [0, 0.1) is 18.3 Å². The molecule has 4 rings (SSSR count). The number of benzene rings is 1. The molecule has 0 bridgehead atoms. The molecule has 3 aromatic heterocycles. The van der Waals surface area contributed by atoms with Crippen molar-refractivity contribution >= 4 is 11.8 Å². The van der Waals surface area contributed by atoms with Gasteiger partial charge in [0.1, 0.15) is 17.5 Å². The maximum absolute atomic E-state index is 9.17. The monoisotopic (exact) mass is 404 g/mol. The van der Waals surface area contributed by atoms with E-state index >= 15 is 0 Å². The minimum Gasteiger partial charge on any atom is -0.450 e. The highest BCUT2D eigenvalue weighted by Gasteiger charge is 2.19. The lowest BCUT2D eigenvalue weighted by Crippen LogP contribution is -2.00. The minimum absolute atomic E-state index is 0.348. The van der Waals surface area contributed by atoms with Crippen molar-refractivity contribution in [3.63, 3.8) is 0 Å². The van der Waals surface area contributed by atoms with Crippen LogP contribution in [0.4, 0.5) is 0 Å². The number of furan rings is 1. The number of para-hydroxylation sites is 1. The molecule has 8 heteroatoms. The molecule has 0 aliphatic rings. The van der Waals surface area contributed by atoms with Gasteiger partial charge in [-0.05, 0) is 37.6 Å². The molecule has 0 unspecified atom stereocenters. The van der Waals surface area contributed by atoms with Crippen LogP contribution >= 0.6 is 11.8 Å². The fourth-order valence-electron chi connectivity index (χ4n) is 3.10. The Bertz CT molecular complexity index is 1150. The van der Waals surface area contributed by atoms with Gasteiger partial charge < -0.3 is 4.42 Å². The molecule has 3 heterocycles. The average molecular weight is 404 g/mol. The number of thioether (sulfide) groups is 1. The third-order valence-corrected chi connectivity index (χ3v) is 5.40. The van der Waals surface area contributed by atoms with E-state index in [1.165, 1.54) is 0 Å². The lowest BCUT2D eigenvalue weighted by Gasteiger charge is -2.09.